The maximum absolute atomic E-state index is 12.5. The average molecular weight is 358 g/mol. The topological polar surface area (TPSA) is 84.5 Å². The van der Waals surface area contributed by atoms with Crippen LogP contribution in [0.2, 0.25) is 0 Å². The van der Waals surface area contributed by atoms with E-state index in [-0.39, 0.29) is 17.0 Å². The van der Waals surface area contributed by atoms with E-state index in [1.165, 1.54) is 19.2 Å². The molecule has 25 heavy (non-hydrogen) atoms. The molecule has 1 amide bonds. The maximum atomic E-state index is 12.5. The third-order valence-electron chi connectivity index (χ3n) is 3.46. The summed E-state index contributed by atoms with van der Waals surface area (Å²) >= 11 is 0. The van der Waals surface area contributed by atoms with Crippen LogP contribution in [0.4, 0.5) is 5.69 Å². The van der Waals surface area contributed by atoms with Crippen LogP contribution in [-0.2, 0) is 10.0 Å². The number of hydrogen-bond donors (Lipinski definition) is 2. The van der Waals surface area contributed by atoms with Gasteiger partial charge < -0.3 is 10.1 Å². The molecule has 0 heterocycles. The van der Waals surface area contributed by atoms with Crippen LogP contribution < -0.4 is 14.8 Å². The largest absolute Gasteiger partial charge is 0.497 e. The first-order valence-corrected chi connectivity index (χ1v) is 8.85. The van der Waals surface area contributed by atoms with Gasteiger partial charge in [-0.15, -0.1) is 6.42 Å². The second-order valence-electron chi connectivity index (χ2n) is 5.20. The number of sulfonamides is 1. The molecule has 0 fully saturated rings. The van der Waals surface area contributed by atoms with Gasteiger partial charge in [-0.05, 0) is 48.9 Å². The van der Waals surface area contributed by atoms with E-state index in [2.05, 4.69) is 16.0 Å². The molecule has 0 bridgehead atoms. The van der Waals surface area contributed by atoms with Crippen molar-refractivity contribution < 1.29 is 17.9 Å². The minimum absolute atomic E-state index is 0.0141. The normalized spacial score (nSPS) is 10.6. The Morgan fingerprint density at radius 2 is 1.88 bits per heavy atom. The van der Waals surface area contributed by atoms with Crippen molar-refractivity contribution in [1.29, 1.82) is 0 Å². The number of rotatable bonds is 6. The SMILES string of the molecule is C#CCNC(=O)c1cc(S(=O)(=O)Nc2ccc(OC)cc2)ccc1C. The van der Waals surface area contributed by atoms with E-state index in [9.17, 15) is 13.2 Å². The van der Waals surface area contributed by atoms with E-state index in [0.29, 0.717) is 17.0 Å². The molecule has 0 aliphatic carbocycles. The number of amides is 1. The second kappa shape index (κ2) is 7.73. The highest BCUT2D eigenvalue weighted by atomic mass is 32.2. The number of ether oxygens (including phenoxy) is 1. The van der Waals surface area contributed by atoms with Crippen molar-refractivity contribution in [2.75, 3.05) is 18.4 Å². The zero-order valence-corrected chi connectivity index (χ0v) is 14.7. The lowest BCUT2D eigenvalue weighted by molar-refractivity contribution is 0.0958. The molecule has 0 spiro atoms. The quantitative estimate of drug-likeness (QED) is 0.775. The molecule has 0 atom stereocenters. The van der Waals surface area contributed by atoms with Gasteiger partial charge in [0.25, 0.3) is 15.9 Å². The Morgan fingerprint density at radius 3 is 2.48 bits per heavy atom. The first kappa shape index (κ1) is 18.4. The van der Waals surface area contributed by atoms with Gasteiger partial charge in [0.1, 0.15) is 5.75 Å². The number of benzene rings is 2. The molecule has 130 valence electrons. The molecule has 2 aromatic carbocycles. The molecule has 0 saturated carbocycles. The summed E-state index contributed by atoms with van der Waals surface area (Å²) in [5, 5.41) is 2.53. The van der Waals surface area contributed by atoms with Crippen LogP contribution in [0.25, 0.3) is 0 Å². The van der Waals surface area contributed by atoms with Gasteiger partial charge in [-0.25, -0.2) is 8.42 Å². The van der Waals surface area contributed by atoms with Crippen molar-refractivity contribution in [3.05, 3.63) is 53.6 Å². The zero-order chi connectivity index (χ0) is 18.4. The van der Waals surface area contributed by atoms with Crippen molar-refractivity contribution in [2.24, 2.45) is 0 Å². The Balaban J connectivity index is 2.29. The number of methoxy groups -OCH3 is 1. The van der Waals surface area contributed by atoms with Gasteiger partial charge in [0.2, 0.25) is 0 Å². The molecule has 0 aromatic heterocycles. The molecular weight excluding hydrogens is 340 g/mol. The molecule has 0 saturated heterocycles. The predicted octanol–water partition coefficient (Wildman–Crippen LogP) is 2.17. The van der Waals surface area contributed by atoms with Gasteiger partial charge in [0.15, 0.2) is 0 Å². The summed E-state index contributed by atoms with van der Waals surface area (Å²) in [4.78, 5) is 12.1. The van der Waals surface area contributed by atoms with E-state index in [1.807, 2.05) is 0 Å². The monoisotopic (exact) mass is 358 g/mol. The molecule has 0 aliphatic heterocycles. The fourth-order valence-electron chi connectivity index (χ4n) is 2.11. The van der Waals surface area contributed by atoms with Crippen LogP contribution in [0.1, 0.15) is 15.9 Å². The highest BCUT2D eigenvalue weighted by Gasteiger charge is 2.18. The van der Waals surface area contributed by atoms with E-state index in [4.69, 9.17) is 11.2 Å². The van der Waals surface area contributed by atoms with Gasteiger partial charge in [0, 0.05) is 11.3 Å². The number of nitrogens with one attached hydrogen (secondary N) is 2. The summed E-state index contributed by atoms with van der Waals surface area (Å²) < 4.78 is 32.6. The summed E-state index contributed by atoms with van der Waals surface area (Å²) in [6.07, 6.45) is 5.12. The average Bonchev–Trinajstić information content (AvgIpc) is 2.60. The van der Waals surface area contributed by atoms with Crippen LogP contribution in [0.5, 0.6) is 5.75 Å². The lowest BCUT2D eigenvalue weighted by atomic mass is 10.1. The minimum atomic E-state index is -3.84. The van der Waals surface area contributed by atoms with Crippen molar-refractivity contribution in [2.45, 2.75) is 11.8 Å². The molecule has 0 radical (unpaired) electrons. The van der Waals surface area contributed by atoms with Gasteiger partial charge in [-0.1, -0.05) is 12.0 Å². The lowest BCUT2D eigenvalue weighted by Crippen LogP contribution is -2.25. The predicted molar refractivity (Wildman–Crippen MR) is 96.1 cm³/mol. The second-order valence-corrected chi connectivity index (χ2v) is 6.88. The highest BCUT2D eigenvalue weighted by Crippen LogP contribution is 2.21. The highest BCUT2D eigenvalue weighted by molar-refractivity contribution is 7.92. The van der Waals surface area contributed by atoms with Gasteiger partial charge in [0.05, 0.1) is 18.6 Å². The van der Waals surface area contributed by atoms with Crippen LogP contribution >= 0.6 is 0 Å². The lowest BCUT2D eigenvalue weighted by Gasteiger charge is -2.11. The van der Waals surface area contributed by atoms with Crippen molar-refractivity contribution >= 4 is 21.6 Å². The van der Waals surface area contributed by atoms with E-state index in [1.54, 1.807) is 37.3 Å². The third kappa shape index (κ3) is 4.52. The van der Waals surface area contributed by atoms with Crippen molar-refractivity contribution in [3.8, 4) is 18.1 Å². The molecular formula is C18H18N2O4S. The maximum Gasteiger partial charge on any atom is 0.261 e. The van der Waals surface area contributed by atoms with E-state index in [0.717, 1.165) is 0 Å². The van der Waals surface area contributed by atoms with Crippen LogP contribution in [0.15, 0.2) is 47.4 Å². The van der Waals surface area contributed by atoms with Gasteiger partial charge in [-0.3, -0.25) is 9.52 Å². The number of carbonyl (C=O) groups excluding carboxylic acids is 1. The molecule has 7 heteroatoms. The summed E-state index contributed by atoms with van der Waals surface area (Å²) in [5.41, 5.74) is 1.30. The molecule has 2 rings (SSSR count). The molecule has 2 N–H and O–H groups in total. The van der Waals surface area contributed by atoms with Crippen molar-refractivity contribution in [1.82, 2.24) is 5.32 Å². The first-order valence-electron chi connectivity index (χ1n) is 7.36. The summed E-state index contributed by atoms with van der Waals surface area (Å²) in [6.45, 7) is 1.79. The Morgan fingerprint density at radius 1 is 1.20 bits per heavy atom. The van der Waals surface area contributed by atoms with Crippen molar-refractivity contribution in [3.63, 3.8) is 0 Å². The summed E-state index contributed by atoms with van der Waals surface area (Å²) in [6, 6.07) is 10.8. The summed E-state index contributed by atoms with van der Waals surface area (Å²) in [5.74, 6) is 2.50. The number of hydrogen-bond acceptors (Lipinski definition) is 4. The van der Waals surface area contributed by atoms with E-state index >= 15 is 0 Å². The Labute approximate surface area is 147 Å². The summed E-state index contributed by atoms with van der Waals surface area (Å²) in [7, 11) is -2.31. The van der Waals surface area contributed by atoms with Crippen LogP contribution in [-0.4, -0.2) is 28.0 Å². The number of carbonyl (C=O) groups is 1. The minimum Gasteiger partial charge on any atom is -0.497 e. The third-order valence-corrected chi connectivity index (χ3v) is 4.84. The number of anilines is 1. The smallest absolute Gasteiger partial charge is 0.261 e. The fourth-order valence-corrected chi connectivity index (χ4v) is 3.20. The van der Waals surface area contributed by atoms with Crippen LogP contribution in [0.3, 0.4) is 0 Å². The fraction of sp³-hybridized carbons (Fsp3) is 0.167. The molecule has 0 aliphatic rings. The molecule has 2 aromatic rings. The Bertz CT molecular complexity index is 913. The Hall–Kier alpha value is -2.98. The molecule has 0 unspecified atom stereocenters. The molecule has 6 nitrogen and oxygen atoms in total. The van der Waals surface area contributed by atoms with E-state index < -0.39 is 15.9 Å². The standard InChI is InChI=1S/C18H18N2O4S/c1-4-11-19-18(21)17-12-16(10-5-13(17)2)25(22,23)20-14-6-8-15(24-3)9-7-14/h1,5-10,12,20H,11H2,2-3H3,(H,19,21). The van der Waals surface area contributed by atoms with Gasteiger partial charge >= 0.3 is 0 Å². The first-order chi connectivity index (χ1) is 11.9. The number of terminal acetylenes is 1. The Kier molecular flexibility index (Phi) is 5.67. The number of aryl methyl sites for hydroxylation is 1. The van der Waals surface area contributed by atoms with Crippen LogP contribution in [0, 0.1) is 19.3 Å². The zero-order valence-electron chi connectivity index (χ0n) is 13.9. The van der Waals surface area contributed by atoms with Gasteiger partial charge in [-0.2, -0.15) is 0 Å².